The zero-order valence-electron chi connectivity index (χ0n) is 6.97. The smallest absolute Gasteiger partial charge is 0.126 e. The van der Waals surface area contributed by atoms with Crippen LogP contribution in [0.15, 0.2) is 24.3 Å². The molecule has 0 aliphatic heterocycles. The molecule has 12 heavy (non-hydrogen) atoms. The van der Waals surface area contributed by atoms with Gasteiger partial charge in [-0.1, -0.05) is 6.07 Å². The second-order valence-corrected chi connectivity index (χ2v) is 2.35. The molecule has 0 saturated carbocycles. The quantitative estimate of drug-likeness (QED) is 0.587. The molecule has 0 aliphatic rings. The number of hydrogen-bond donors (Lipinski definition) is 0. The van der Waals surface area contributed by atoms with Gasteiger partial charge in [0.2, 0.25) is 0 Å². The Morgan fingerprint density at radius 3 is 1.67 bits per heavy atom. The van der Waals surface area contributed by atoms with Crippen LogP contribution in [0.25, 0.3) is 0 Å². The lowest BCUT2D eigenvalue weighted by atomic mass is 10.3. The van der Waals surface area contributed by atoms with Crippen LogP contribution in [0.2, 0.25) is 0 Å². The summed E-state index contributed by atoms with van der Waals surface area (Å²) in [4.78, 5) is 9.44. The molecule has 0 aromatic heterocycles. The summed E-state index contributed by atoms with van der Waals surface area (Å²) in [6.07, 6.45) is 0. The zero-order chi connectivity index (χ0) is 9.56. The lowest BCUT2D eigenvalue weighted by Crippen LogP contribution is -1.73. The topological polar surface area (TPSA) is 17.1 Å². The summed E-state index contributed by atoms with van der Waals surface area (Å²) >= 11 is 0. The molecule has 0 heterocycles. The van der Waals surface area contributed by atoms with Gasteiger partial charge in [-0.25, -0.2) is 8.78 Å². The molecule has 0 bridgehead atoms. The molecule has 1 nitrogen and oxygen atoms in total. The van der Waals surface area contributed by atoms with Gasteiger partial charge < -0.3 is 4.79 Å². The largest absolute Gasteiger partial charge is 0.300 e. The molecule has 0 amide bonds. The minimum absolute atomic E-state index is 0.167. The fourth-order valence-electron chi connectivity index (χ4n) is 0.460. The molecule has 0 unspecified atom stereocenters. The van der Waals surface area contributed by atoms with Crippen LogP contribution < -0.4 is 0 Å². The standard InChI is InChI=1S/C6H4F2.C3H6O/c7-5-2-1-3-6(8)4-5;1-3(2)4/h1-4H;1-2H3. The van der Waals surface area contributed by atoms with E-state index >= 15 is 0 Å². The molecule has 0 fully saturated rings. The van der Waals surface area contributed by atoms with Crippen molar-refractivity contribution in [3.05, 3.63) is 35.9 Å². The van der Waals surface area contributed by atoms with Gasteiger partial charge in [-0.15, -0.1) is 0 Å². The number of carbonyl (C=O) groups excluding carboxylic acids is 1. The first kappa shape index (κ1) is 10.8. The molecule has 0 atom stereocenters. The van der Waals surface area contributed by atoms with Gasteiger partial charge in [0.15, 0.2) is 0 Å². The van der Waals surface area contributed by atoms with Gasteiger partial charge in [0.05, 0.1) is 0 Å². The third-order valence-electron chi connectivity index (χ3n) is 0.787. The molecule has 1 aromatic rings. The molecular weight excluding hydrogens is 162 g/mol. The average Bonchev–Trinajstić information content (AvgIpc) is 1.84. The van der Waals surface area contributed by atoms with E-state index in [1.165, 1.54) is 32.0 Å². The number of rotatable bonds is 0. The van der Waals surface area contributed by atoms with Crippen molar-refractivity contribution in [1.82, 2.24) is 0 Å². The van der Waals surface area contributed by atoms with Crippen molar-refractivity contribution in [2.45, 2.75) is 13.8 Å². The minimum Gasteiger partial charge on any atom is -0.300 e. The third-order valence-corrected chi connectivity index (χ3v) is 0.787. The number of Topliss-reactive ketones (excluding diaryl/α,β-unsaturated/α-hetero) is 1. The SMILES string of the molecule is CC(C)=O.Fc1cccc(F)c1. The average molecular weight is 172 g/mol. The van der Waals surface area contributed by atoms with Crippen LogP contribution in [-0.4, -0.2) is 5.78 Å². The van der Waals surface area contributed by atoms with Crippen molar-refractivity contribution >= 4 is 5.78 Å². The van der Waals surface area contributed by atoms with Gasteiger partial charge in [0.1, 0.15) is 17.4 Å². The Hall–Kier alpha value is -1.25. The van der Waals surface area contributed by atoms with Gasteiger partial charge >= 0.3 is 0 Å². The highest BCUT2D eigenvalue weighted by Crippen LogP contribution is 1.99. The van der Waals surface area contributed by atoms with E-state index in [2.05, 4.69) is 0 Å². The Balaban J connectivity index is 0.000000261. The van der Waals surface area contributed by atoms with Gasteiger partial charge in [-0.2, -0.15) is 0 Å². The number of halogens is 2. The Morgan fingerprint density at radius 1 is 1.17 bits per heavy atom. The van der Waals surface area contributed by atoms with E-state index in [1.54, 1.807) is 0 Å². The third kappa shape index (κ3) is 6.86. The van der Waals surface area contributed by atoms with Crippen LogP contribution in [0.4, 0.5) is 8.78 Å². The van der Waals surface area contributed by atoms with Gasteiger partial charge in [0.25, 0.3) is 0 Å². The van der Waals surface area contributed by atoms with Crippen molar-refractivity contribution in [3.63, 3.8) is 0 Å². The highest BCUT2D eigenvalue weighted by Gasteiger charge is 1.88. The molecule has 66 valence electrons. The maximum atomic E-state index is 11.9. The van der Waals surface area contributed by atoms with E-state index in [4.69, 9.17) is 0 Å². The van der Waals surface area contributed by atoms with E-state index in [1.807, 2.05) is 0 Å². The molecule has 0 N–H and O–H groups in total. The lowest BCUT2D eigenvalue weighted by Gasteiger charge is -1.84. The van der Waals surface area contributed by atoms with E-state index in [9.17, 15) is 13.6 Å². The fourth-order valence-corrected chi connectivity index (χ4v) is 0.460. The summed E-state index contributed by atoms with van der Waals surface area (Å²) in [5, 5.41) is 0. The minimum atomic E-state index is -0.537. The Labute approximate surface area is 70.0 Å². The van der Waals surface area contributed by atoms with Crippen LogP contribution in [0, 0.1) is 11.6 Å². The zero-order valence-corrected chi connectivity index (χ0v) is 6.97. The Kier molecular flexibility index (Phi) is 4.84. The second kappa shape index (κ2) is 5.41. The van der Waals surface area contributed by atoms with Crippen LogP contribution >= 0.6 is 0 Å². The Bertz CT molecular complexity index is 237. The lowest BCUT2D eigenvalue weighted by molar-refractivity contribution is -0.114. The molecule has 0 spiro atoms. The van der Waals surface area contributed by atoms with Crippen molar-refractivity contribution < 1.29 is 13.6 Å². The first-order valence-electron chi connectivity index (χ1n) is 3.40. The molecular formula is C9H10F2O. The Morgan fingerprint density at radius 2 is 1.50 bits per heavy atom. The van der Waals surface area contributed by atoms with E-state index < -0.39 is 11.6 Å². The maximum Gasteiger partial charge on any atom is 0.126 e. The highest BCUT2D eigenvalue weighted by molar-refractivity contribution is 5.72. The summed E-state index contributed by atoms with van der Waals surface area (Å²) < 4.78 is 23.9. The molecule has 3 heteroatoms. The molecule has 0 aliphatic carbocycles. The van der Waals surface area contributed by atoms with Crippen molar-refractivity contribution in [2.75, 3.05) is 0 Å². The summed E-state index contributed by atoms with van der Waals surface area (Å²) in [7, 11) is 0. The predicted octanol–water partition coefficient (Wildman–Crippen LogP) is 2.56. The van der Waals surface area contributed by atoms with E-state index in [0.717, 1.165) is 6.07 Å². The summed E-state index contributed by atoms with van der Waals surface area (Å²) in [5.41, 5.74) is 0. The summed E-state index contributed by atoms with van der Waals surface area (Å²) in [6.45, 7) is 3.06. The van der Waals surface area contributed by atoms with Crippen LogP contribution in [0.3, 0.4) is 0 Å². The van der Waals surface area contributed by atoms with Crippen molar-refractivity contribution in [1.29, 1.82) is 0 Å². The number of carbonyl (C=O) groups is 1. The molecule has 1 rings (SSSR count). The normalized spacial score (nSPS) is 8.33. The van der Waals surface area contributed by atoms with Crippen molar-refractivity contribution in [2.24, 2.45) is 0 Å². The van der Waals surface area contributed by atoms with Crippen LogP contribution in [0.1, 0.15) is 13.8 Å². The summed E-state index contributed by atoms with van der Waals surface area (Å²) in [6, 6.07) is 4.55. The number of ketones is 1. The molecule has 0 radical (unpaired) electrons. The highest BCUT2D eigenvalue weighted by atomic mass is 19.1. The summed E-state index contributed by atoms with van der Waals surface area (Å²) in [5.74, 6) is -0.907. The molecule has 0 saturated heterocycles. The number of benzene rings is 1. The predicted molar refractivity (Wildman–Crippen MR) is 42.7 cm³/mol. The first-order valence-corrected chi connectivity index (χ1v) is 3.40. The second-order valence-electron chi connectivity index (χ2n) is 2.35. The van der Waals surface area contributed by atoms with Crippen LogP contribution in [0.5, 0.6) is 0 Å². The van der Waals surface area contributed by atoms with Gasteiger partial charge in [-0.3, -0.25) is 0 Å². The van der Waals surface area contributed by atoms with Gasteiger partial charge in [-0.05, 0) is 26.0 Å². The number of hydrogen-bond acceptors (Lipinski definition) is 1. The first-order chi connectivity index (χ1) is 5.52. The fraction of sp³-hybridized carbons (Fsp3) is 0.222. The monoisotopic (exact) mass is 172 g/mol. The van der Waals surface area contributed by atoms with E-state index in [-0.39, 0.29) is 5.78 Å². The van der Waals surface area contributed by atoms with Crippen LogP contribution in [-0.2, 0) is 4.79 Å². The van der Waals surface area contributed by atoms with Gasteiger partial charge in [0, 0.05) is 6.07 Å². The van der Waals surface area contributed by atoms with E-state index in [0.29, 0.717) is 0 Å². The van der Waals surface area contributed by atoms with Crippen molar-refractivity contribution in [3.8, 4) is 0 Å². The maximum absolute atomic E-state index is 11.9. The molecule has 1 aromatic carbocycles.